The Kier molecular flexibility index (Phi) is 4.11. The summed E-state index contributed by atoms with van der Waals surface area (Å²) in [5, 5.41) is 12.6. The van der Waals surface area contributed by atoms with Crippen molar-refractivity contribution < 1.29 is 22.7 Å². The number of benzene rings is 2. The molecule has 0 aliphatic rings. The zero-order valence-electron chi connectivity index (χ0n) is 10.8. The van der Waals surface area contributed by atoms with Crippen molar-refractivity contribution in [3.05, 3.63) is 58.7 Å². The van der Waals surface area contributed by atoms with Crippen molar-refractivity contribution in [2.45, 2.75) is 6.92 Å². The average Bonchev–Trinajstić information content (AvgIpc) is 2.48. The number of halogens is 4. The number of hydrogen-bond donors (Lipinski definition) is 2. The molecular formula is C14H10F4N2O. The van der Waals surface area contributed by atoms with Crippen LogP contribution in [0.3, 0.4) is 0 Å². The number of phenols is 1. The molecule has 0 saturated heterocycles. The minimum absolute atomic E-state index is 0.0416. The highest BCUT2D eigenvalue weighted by molar-refractivity contribution is 5.80. The van der Waals surface area contributed by atoms with Crippen molar-refractivity contribution in [1.29, 1.82) is 0 Å². The van der Waals surface area contributed by atoms with Crippen LogP contribution in [-0.4, -0.2) is 11.3 Å². The molecular weight excluding hydrogens is 288 g/mol. The molecule has 2 aromatic carbocycles. The van der Waals surface area contributed by atoms with Crippen molar-refractivity contribution in [1.82, 2.24) is 0 Å². The lowest BCUT2D eigenvalue weighted by atomic mass is 10.2. The number of nitrogens with one attached hydrogen (secondary N) is 1. The molecule has 2 N–H and O–H groups in total. The SMILES string of the molecule is Cc1c(F)c(F)c(N/N=C/c2ccc(O)cc2)c(F)c1F. The number of hydrogen-bond acceptors (Lipinski definition) is 3. The van der Waals surface area contributed by atoms with Crippen LogP contribution in [0.25, 0.3) is 0 Å². The van der Waals surface area contributed by atoms with Crippen molar-refractivity contribution in [2.75, 3.05) is 5.43 Å². The second-order valence-electron chi connectivity index (χ2n) is 4.22. The molecule has 0 aliphatic carbocycles. The van der Waals surface area contributed by atoms with Gasteiger partial charge in [-0.1, -0.05) is 0 Å². The van der Waals surface area contributed by atoms with Gasteiger partial charge >= 0.3 is 0 Å². The normalized spacial score (nSPS) is 11.1. The van der Waals surface area contributed by atoms with Gasteiger partial charge in [0, 0.05) is 5.56 Å². The van der Waals surface area contributed by atoms with Crippen LogP contribution >= 0.6 is 0 Å². The predicted molar refractivity (Wildman–Crippen MR) is 70.3 cm³/mol. The Hall–Kier alpha value is -2.57. The number of nitrogens with zero attached hydrogens (tertiary/aromatic N) is 1. The van der Waals surface area contributed by atoms with Gasteiger partial charge < -0.3 is 5.11 Å². The molecule has 0 amide bonds. The van der Waals surface area contributed by atoms with Crippen LogP contribution in [0.15, 0.2) is 29.4 Å². The average molecular weight is 298 g/mol. The zero-order chi connectivity index (χ0) is 15.6. The lowest BCUT2D eigenvalue weighted by Gasteiger charge is -2.08. The van der Waals surface area contributed by atoms with E-state index in [1.807, 2.05) is 5.43 Å². The summed E-state index contributed by atoms with van der Waals surface area (Å²) >= 11 is 0. The molecule has 0 bridgehead atoms. The van der Waals surface area contributed by atoms with E-state index in [0.29, 0.717) is 5.56 Å². The van der Waals surface area contributed by atoms with E-state index in [4.69, 9.17) is 5.11 Å². The van der Waals surface area contributed by atoms with Gasteiger partial charge in [-0.3, -0.25) is 5.43 Å². The number of rotatable bonds is 3. The Morgan fingerprint density at radius 2 is 1.48 bits per heavy atom. The van der Waals surface area contributed by atoms with Gasteiger partial charge in [0.2, 0.25) is 0 Å². The van der Waals surface area contributed by atoms with Crippen LogP contribution in [0.2, 0.25) is 0 Å². The molecule has 0 aromatic heterocycles. The van der Waals surface area contributed by atoms with Gasteiger partial charge in [-0.25, -0.2) is 17.6 Å². The van der Waals surface area contributed by atoms with Gasteiger partial charge in [-0.2, -0.15) is 5.10 Å². The molecule has 0 atom stereocenters. The highest BCUT2D eigenvalue weighted by Crippen LogP contribution is 2.27. The number of aromatic hydroxyl groups is 1. The van der Waals surface area contributed by atoms with Crippen molar-refractivity contribution >= 4 is 11.9 Å². The molecule has 7 heteroatoms. The maximum absolute atomic E-state index is 13.5. The van der Waals surface area contributed by atoms with Gasteiger partial charge in [0.05, 0.1) is 6.21 Å². The van der Waals surface area contributed by atoms with E-state index in [-0.39, 0.29) is 5.75 Å². The summed E-state index contributed by atoms with van der Waals surface area (Å²) < 4.78 is 53.7. The number of phenolic OH excluding ortho intramolecular Hbond substituents is 1. The summed E-state index contributed by atoms with van der Waals surface area (Å²) in [5.74, 6) is -6.00. The van der Waals surface area contributed by atoms with Crippen LogP contribution < -0.4 is 5.43 Å². The first-order valence-corrected chi connectivity index (χ1v) is 5.82. The molecule has 0 saturated carbocycles. The van der Waals surface area contributed by atoms with Crippen molar-refractivity contribution in [3.63, 3.8) is 0 Å². The van der Waals surface area contributed by atoms with E-state index in [2.05, 4.69) is 5.10 Å². The fraction of sp³-hybridized carbons (Fsp3) is 0.0714. The zero-order valence-corrected chi connectivity index (χ0v) is 10.8. The molecule has 2 aromatic rings. The first-order valence-electron chi connectivity index (χ1n) is 5.82. The minimum Gasteiger partial charge on any atom is -0.508 e. The molecule has 2 rings (SSSR count). The summed E-state index contributed by atoms with van der Waals surface area (Å²) in [6, 6.07) is 5.74. The van der Waals surface area contributed by atoms with Crippen LogP contribution in [0.1, 0.15) is 11.1 Å². The quantitative estimate of drug-likeness (QED) is 0.393. The Labute approximate surface area is 117 Å². The Bertz CT molecular complexity index is 670. The van der Waals surface area contributed by atoms with E-state index in [0.717, 1.165) is 6.92 Å². The molecule has 0 unspecified atom stereocenters. The summed E-state index contributed by atoms with van der Waals surface area (Å²) in [7, 11) is 0. The van der Waals surface area contributed by atoms with E-state index < -0.39 is 34.5 Å². The second kappa shape index (κ2) is 5.82. The monoisotopic (exact) mass is 298 g/mol. The second-order valence-corrected chi connectivity index (χ2v) is 4.22. The Balaban J connectivity index is 2.26. The third-order valence-corrected chi connectivity index (χ3v) is 2.77. The summed E-state index contributed by atoms with van der Waals surface area (Å²) in [6.07, 6.45) is 1.17. The van der Waals surface area contributed by atoms with Crippen LogP contribution in [0.4, 0.5) is 23.2 Å². The third-order valence-electron chi connectivity index (χ3n) is 2.77. The predicted octanol–water partition coefficient (Wildman–Crippen LogP) is 3.70. The standard InChI is InChI=1S/C14H10F4N2O/c1-7-10(15)12(17)14(13(18)11(7)16)20-19-6-8-2-4-9(21)5-3-8/h2-6,20-21H,1H3/b19-6+. The fourth-order valence-electron chi connectivity index (χ4n) is 1.57. The summed E-state index contributed by atoms with van der Waals surface area (Å²) in [4.78, 5) is 0. The Morgan fingerprint density at radius 3 is 2.00 bits per heavy atom. The van der Waals surface area contributed by atoms with Gasteiger partial charge in [-0.05, 0) is 36.8 Å². The third kappa shape index (κ3) is 2.96. The summed E-state index contributed by atoms with van der Waals surface area (Å²) in [5.41, 5.74) is 0.692. The largest absolute Gasteiger partial charge is 0.508 e. The van der Waals surface area contributed by atoms with Gasteiger partial charge in [0.25, 0.3) is 0 Å². The van der Waals surface area contributed by atoms with Gasteiger partial charge in [0.1, 0.15) is 11.4 Å². The van der Waals surface area contributed by atoms with E-state index in [1.54, 1.807) is 0 Å². The van der Waals surface area contributed by atoms with Crippen molar-refractivity contribution in [2.24, 2.45) is 5.10 Å². The molecule has 0 spiro atoms. The highest BCUT2D eigenvalue weighted by atomic mass is 19.2. The van der Waals surface area contributed by atoms with Crippen LogP contribution in [0, 0.1) is 30.2 Å². The molecule has 3 nitrogen and oxygen atoms in total. The number of anilines is 1. The van der Waals surface area contributed by atoms with E-state index >= 15 is 0 Å². The van der Waals surface area contributed by atoms with Gasteiger partial charge in [-0.15, -0.1) is 0 Å². The van der Waals surface area contributed by atoms with Crippen LogP contribution in [-0.2, 0) is 0 Å². The molecule has 0 heterocycles. The first kappa shape index (κ1) is 14.8. The highest BCUT2D eigenvalue weighted by Gasteiger charge is 2.22. The van der Waals surface area contributed by atoms with Crippen molar-refractivity contribution in [3.8, 4) is 5.75 Å². The molecule has 0 aliphatic heterocycles. The van der Waals surface area contributed by atoms with Crippen LogP contribution in [0.5, 0.6) is 5.75 Å². The summed E-state index contributed by atoms with van der Waals surface area (Å²) in [6.45, 7) is 0.931. The van der Waals surface area contributed by atoms with E-state index in [9.17, 15) is 17.6 Å². The topological polar surface area (TPSA) is 44.6 Å². The minimum atomic E-state index is -1.55. The molecule has 21 heavy (non-hydrogen) atoms. The maximum Gasteiger partial charge on any atom is 0.187 e. The van der Waals surface area contributed by atoms with Gasteiger partial charge in [0.15, 0.2) is 23.3 Å². The molecule has 0 radical (unpaired) electrons. The van der Waals surface area contributed by atoms with E-state index in [1.165, 1.54) is 30.5 Å². The smallest absolute Gasteiger partial charge is 0.187 e. The molecule has 110 valence electrons. The first-order chi connectivity index (χ1) is 9.91. The lowest BCUT2D eigenvalue weighted by Crippen LogP contribution is -2.05. The molecule has 0 fully saturated rings. The number of hydrazone groups is 1. The Morgan fingerprint density at radius 1 is 0.952 bits per heavy atom. The fourth-order valence-corrected chi connectivity index (χ4v) is 1.57. The maximum atomic E-state index is 13.5. The lowest BCUT2D eigenvalue weighted by molar-refractivity contribution is 0.449.